The number of carboxylic acids is 1. The van der Waals surface area contributed by atoms with Gasteiger partial charge in [-0.2, -0.15) is 0 Å². The van der Waals surface area contributed by atoms with E-state index in [0.717, 1.165) is 22.7 Å². The van der Waals surface area contributed by atoms with E-state index in [2.05, 4.69) is 10.3 Å². The van der Waals surface area contributed by atoms with E-state index in [0.29, 0.717) is 12.1 Å². The quantitative estimate of drug-likeness (QED) is 0.890. The second-order valence-electron chi connectivity index (χ2n) is 4.66. The Hall–Kier alpha value is -2.21. The standard InChI is InChI=1S/C15H16N2O3S/c1-3-13-17-12(8-21-13)7-16-14(18)10-4-9(2)5-11(6-10)15(19)20/h4-6,8H,3,7H2,1-2H3,(H,16,18)(H,19,20). The van der Waals surface area contributed by atoms with Gasteiger partial charge >= 0.3 is 5.97 Å². The van der Waals surface area contributed by atoms with E-state index in [1.807, 2.05) is 12.3 Å². The molecule has 1 aromatic heterocycles. The summed E-state index contributed by atoms with van der Waals surface area (Å²) < 4.78 is 0. The van der Waals surface area contributed by atoms with E-state index in [1.165, 1.54) is 12.1 Å². The molecule has 0 spiro atoms. The van der Waals surface area contributed by atoms with Gasteiger partial charge in [0.1, 0.15) is 0 Å². The van der Waals surface area contributed by atoms with E-state index in [9.17, 15) is 9.59 Å². The smallest absolute Gasteiger partial charge is 0.335 e. The van der Waals surface area contributed by atoms with Gasteiger partial charge in [-0.1, -0.05) is 6.92 Å². The van der Waals surface area contributed by atoms with Crippen molar-refractivity contribution in [1.29, 1.82) is 0 Å². The van der Waals surface area contributed by atoms with Gasteiger partial charge < -0.3 is 10.4 Å². The first kappa shape index (κ1) is 15.2. The van der Waals surface area contributed by atoms with Crippen molar-refractivity contribution in [2.45, 2.75) is 26.8 Å². The van der Waals surface area contributed by atoms with Crippen LogP contribution >= 0.6 is 11.3 Å². The van der Waals surface area contributed by atoms with Gasteiger partial charge in [-0.05, 0) is 37.1 Å². The second kappa shape index (κ2) is 6.49. The summed E-state index contributed by atoms with van der Waals surface area (Å²) >= 11 is 1.57. The van der Waals surface area contributed by atoms with Gasteiger partial charge in [0.05, 0.1) is 22.8 Å². The minimum absolute atomic E-state index is 0.113. The minimum atomic E-state index is -1.04. The number of thiazole rings is 1. The molecule has 0 atom stereocenters. The zero-order valence-electron chi connectivity index (χ0n) is 11.8. The Labute approximate surface area is 126 Å². The summed E-state index contributed by atoms with van der Waals surface area (Å²) in [5.74, 6) is -1.34. The molecule has 0 aliphatic heterocycles. The first-order valence-electron chi connectivity index (χ1n) is 6.56. The van der Waals surface area contributed by atoms with Crippen LogP contribution in [0.25, 0.3) is 0 Å². The molecule has 2 aromatic rings. The maximum Gasteiger partial charge on any atom is 0.335 e. The number of carboxylic acid groups (broad SMARTS) is 1. The van der Waals surface area contributed by atoms with Crippen molar-refractivity contribution in [2.24, 2.45) is 0 Å². The highest BCUT2D eigenvalue weighted by atomic mass is 32.1. The monoisotopic (exact) mass is 304 g/mol. The number of aromatic nitrogens is 1. The maximum absolute atomic E-state index is 12.1. The van der Waals surface area contributed by atoms with Crippen LogP contribution in [0.1, 0.15) is 43.9 Å². The predicted molar refractivity (Wildman–Crippen MR) is 80.8 cm³/mol. The fourth-order valence-electron chi connectivity index (χ4n) is 1.90. The molecule has 1 heterocycles. The van der Waals surface area contributed by atoms with Gasteiger partial charge in [0.25, 0.3) is 5.91 Å². The van der Waals surface area contributed by atoms with Gasteiger partial charge in [-0.3, -0.25) is 4.79 Å². The number of carbonyl (C=O) groups is 2. The molecule has 110 valence electrons. The van der Waals surface area contributed by atoms with Crippen molar-refractivity contribution in [3.63, 3.8) is 0 Å². The van der Waals surface area contributed by atoms with Crippen LogP contribution in [0.3, 0.4) is 0 Å². The number of aryl methyl sites for hydroxylation is 2. The molecule has 5 nitrogen and oxygen atoms in total. The van der Waals surface area contributed by atoms with Gasteiger partial charge in [0, 0.05) is 10.9 Å². The van der Waals surface area contributed by atoms with E-state index in [1.54, 1.807) is 24.3 Å². The van der Waals surface area contributed by atoms with Crippen molar-refractivity contribution in [3.05, 3.63) is 51.0 Å². The van der Waals surface area contributed by atoms with Crippen molar-refractivity contribution in [2.75, 3.05) is 0 Å². The Morgan fingerprint density at radius 3 is 2.62 bits per heavy atom. The molecule has 1 aromatic carbocycles. The number of amides is 1. The highest BCUT2D eigenvalue weighted by Gasteiger charge is 2.11. The first-order chi connectivity index (χ1) is 9.99. The molecule has 0 aliphatic rings. The molecule has 21 heavy (non-hydrogen) atoms. The molecule has 0 aliphatic carbocycles. The number of hydrogen-bond donors (Lipinski definition) is 2. The highest BCUT2D eigenvalue weighted by Crippen LogP contribution is 2.12. The molecule has 0 fully saturated rings. The lowest BCUT2D eigenvalue weighted by molar-refractivity contribution is 0.0696. The number of carbonyl (C=O) groups excluding carboxylic acids is 1. The summed E-state index contributed by atoms with van der Waals surface area (Å²) in [5, 5.41) is 14.7. The topological polar surface area (TPSA) is 79.3 Å². The van der Waals surface area contributed by atoms with Gasteiger partial charge in [-0.25, -0.2) is 9.78 Å². The van der Waals surface area contributed by atoms with Crippen molar-refractivity contribution >= 4 is 23.2 Å². The first-order valence-corrected chi connectivity index (χ1v) is 7.44. The second-order valence-corrected chi connectivity index (χ2v) is 5.60. The number of benzene rings is 1. The number of hydrogen-bond acceptors (Lipinski definition) is 4. The Morgan fingerprint density at radius 2 is 2.00 bits per heavy atom. The summed E-state index contributed by atoms with van der Waals surface area (Å²) in [6.07, 6.45) is 0.873. The third-order valence-electron chi connectivity index (χ3n) is 2.92. The average Bonchev–Trinajstić information content (AvgIpc) is 2.92. The number of nitrogens with one attached hydrogen (secondary N) is 1. The van der Waals surface area contributed by atoms with Crippen LogP contribution in [0.15, 0.2) is 23.6 Å². The fraction of sp³-hybridized carbons (Fsp3) is 0.267. The van der Waals surface area contributed by atoms with Crippen LogP contribution in [-0.4, -0.2) is 22.0 Å². The normalized spacial score (nSPS) is 10.4. The lowest BCUT2D eigenvalue weighted by atomic mass is 10.1. The molecular formula is C15H16N2O3S. The molecular weight excluding hydrogens is 288 g/mol. The Bertz CT molecular complexity index is 679. The van der Waals surface area contributed by atoms with Crippen molar-refractivity contribution in [3.8, 4) is 0 Å². The van der Waals surface area contributed by atoms with Crippen LogP contribution in [0.2, 0.25) is 0 Å². The zero-order chi connectivity index (χ0) is 15.4. The van der Waals surface area contributed by atoms with Crippen LogP contribution in [-0.2, 0) is 13.0 Å². The van der Waals surface area contributed by atoms with E-state index >= 15 is 0 Å². The van der Waals surface area contributed by atoms with Gasteiger partial charge in [-0.15, -0.1) is 11.3 Å². The molecule has 2 N–H and O–H groups in total. The summed E-state index contributed by atoms with van der Waals surface area (Å²) in [5.41, 5.74) is 2.01. The van der Waals surface area contributed by atoms with Crippen LogP contribution in [0.4, 0.5) is 0 Å². The number of nitrogens with zero attached hydrogens (tertiary/aromatic N) is 1. The summed E-state index contributed by atoms with van der Waals surface area (Å²) in [7, 11) is 0. The van der Waals surface area contributed by atoms with Crippen LogP contribution in [0, 0.1) is 6.92 Å². The summed E-state index contributed by atoms with van der Waals surface area (Å²) in [6.45, 7) is 4.13. The molecule has 2 rings (SSSR count). The molecule has 6 heteroatoms. The third kappa shape index (κ3) is 3.88. The maximum atomic E-state index is 12.1. The summed E-state index contributed by atoms with van der Waals surface area (Å²) in [6, 6.07) is 4.58. The average molecular weight is 304 g/mol. The molecule has 0 saturated carbocycles. The van der Waals surface area contributed by atoms with E-state index < -0.39 is 5.97 Å². The predicted octanol–water partition coefficient (Wildman–Crippen LogP) is 2.64. The highest BCUT2D eigenvalue weighted by molar-refractivity contribution is 7.09. The fourth-order valence-corrected chi connectivity index (χ4v) is 2.65. The Balaban J connectivity index is 2.07. The molecule has 0 unspecified atom stereocenters. The SMILES string of the molecule is CCc1nc(CNC(=O)c2cc(C)cc(C(=O)O)c2)cs1. The lowest BCUT2D eigenvalue weighted by Crippen LogP contribution is -2.23. The number of aromatic carboxylic acids is 1. The molecule has 0 saturated heterocycles. The Morgan fingerprint density at radius 1 is 1.29 bits per heavy atom. The van der Waals surface area contributed by atoms with Gasteiger partial charge in [0.15, 0.2) is 0 Å². The third-order valence-corrected chi connectivity index (χ3v) is 3.96. The van der Waals surface area contributed by atoms with Gasteiger partial charge in [0.2, 0.25) is 0 Å². The molecule has 0 radical (unpaired) electrons. The largest absolute Gasteiger partial charge is 0.478 e. The number of rotatable bonds is 5. The lowest BCUT2D eigenvalue weighted by Gasteiger charge is -2.06. The van der Waals surface area contributed by atoms with E-state index in [4.69, 9.17) is 5.11 Å². The van der Waals surface area contributed by atoms with Crippen LogP contribution < -0.4 is 5.32 Å². The van der Waals surface area contributed by atoms with E-state index in [-0.39, 0.29) is 11.5 Å². The van der Waals surface area contributed by atoms with Crippen molar-refractivity contribution in [1.82, 2.24) is 10.3 Å². The van der Waals surface area contributed by atoms with Crippen LogP contribution in [0.5, 0.6) is 0 Å². The van der Waals surface area contributed by atoms with Crippen molar-refractivity contribution < 1.29 is 14.7 Å². The summed E-state index contributed by atoms with van der Waals surface area (Å²) in [4.78, 5) is 27.5. The molecule has 1 amide bonds. The minimum Gasteiger partial charge on any atom is -0.478 e. The zero-order valence-corrected chi connectivity index (χ0v) is 12.7. The molecule has 0 bridgehead atoms. The Kier molecular flexibility index (Phi) is 4.70.